The highest BCUT2D eigenvalue weighted by Crippen LogP contribution is 2.29. The Balaban J connectivity index is 2.74. The highest BCUT2D eigenvalue weighted by molar-refractivity contribution is 8.14. The third-order valence-electron chi connectivity index (χ3n) is 1.44. The van der Waals surface area contributed by atoms with E-state index in [1.165, 1.54) is 0 Å². The second-order valence-electron chi connectivity index (χ2n) is 2.98. The normalized spacial score (nSPS) is 41.2. The maximum absolute atomic E-state index is 9.51. The van der Waals surface area contributed by atoms with Crippen LogP contribution in [0.2, 0.25) is 0 Å². The summed E-state index contributed by atoms with van der Waals surface area (Å²) in [5.74, 6) is 0. The minimum absolute atomic E-state index is 0.493. The molecule has 2 unspecified atom stereocenters. The number of nitrogens with zero attached hydrogens (tertiary/aromatic N) is 1. The monoisotopic (exact) mass is 159 g/mol. The molecule has 0 bridgehead atoms. The lowest BCUT2D eigenvalue weighted by Crippen LogP contribution is -2.30. The SMILES string of the molecule is CC1=NC(C)(O)CC(C)S1. The van der Waals surface area contributed by atoms with Crippen LogP contribution in [0.5, 0.6) is 0 Å². The number of thioether (sulfide) groups is 1. The third kappa shape index (κ3) is 1.99. The van der Waals surface area contributed by atoms with Gasteiger partial charge in [-0.25, -0.2) is 4.99 Å². The van der Waals surface area contributed by atoms with E-state index < -0.39 is 5.72 Å². The van der Waals surface area contributed by atoms with Crippen molar-refractivity contribution in [3.8, 4) is 0 Å². The summed E-state index contributed by atoms with van der Waals surface area (Å²) in [7, 11) is 0. The van der Waals surface area contributed by atoms with Gasteiger partial charge in [0.15, 0.2) is 5.72 Å². The summed E-state index contributed by atoms with van der Waals surface area (Å²) in [4.78, 5) is 4.10. The van der Waals surface area contributed by atoms with Crippen LogP contribution in [0.4, 0.5) is 0 Å². The van der Waals surface area contributed by atoms with Crippen molar-refractivity contribution in [1.82, 2.24) is 0 Å². The molecule has 1 aliphatic heterocycles. The molecule has 2 atom stereocenters. The van der Waals surface area contributed by atoms with Gasteiger partial charge in [0.05, 0.1) is 5.04 Å². The zero-order valence-electron chi connectivity index (χ0n) is 6.59. The lowest BCUT2D eigenvalue weighted by atomic mass is 10.1. The molecular formula is C7H13NOS. The molecule has 0 saturated carbocycles. The van der Waals surface area contributed by atoms with Crippen molar-refractivity contribution in [1.29, 1.82) is 0 Å². The maximum atomic E-state index is 9.51. The molecule has 1 rings (SSSR count). The number of hydrogen-bond acceptors (Lipinski definition) is 3. The molecular weight excluding hydrogens is 146 g/mol. The van der Waals surface area contributed by atoms with Gasteiger partial charge in [-0.2, -0.15) is 0 Å². The standard InChI is InChI=1S/C7H13NOS/c1-5-4-7(3,9)8-6(2)10-5/h5,9H,4H2,1-3H3. The molecule has 0 aliphatic carbocycles. The Bertz CT molecular complexity index is 165. The summed E-state index contributed by atoms with van der Waals surface area (Å²) >= 11 is 1.73. The minimum atomic E-state index is -0.811. The predicted molar refractivity (Wildman–Crippen MR) is 45.4 cm³/mol. The van der Waals surface area contributed by atoms with Crippen LogP contribution < -0.4 is 0 Å². The molecule has 3 heteroatoms. The Morgan fingerprint density at radius 1 is 1.80 bits per heavy atom. The van der Waals surface area contributed by atoms with Crippen molar-refractivity contribution < 1.29 is 5.11 Å². The number of aliphatic hydroxyl groups is 1. The fourth-order valence-electron chi connectivity index (χ4n) is 1.29. The molecule has 1 N–H and O–H groups in total. The summed E-state index contributed by atoms with van der Waals surface area (Å²) in [6.45, 7) is 5.80. The first-order chi connectivity index (χ1) is 4.49. The molecule has 0 aromatic heterocycles. The summed E-state index contributed by atoms with van der Waals surface area (Å²) in [6, 6.07) is 0. The molecule has 0 radical (unpaired) electrons. The molecule has 10 heavy (non-hydrogen) atoms. The predicted octanol–water partition coefficient (Wildman–Crippen LogP) is 1.64. The van der Waals surface area contributed by atoms with E-state index in [0.717, 1.165) is 11.5 Å². The second-order valence-corrected chi connectivity index (χ2v) is 4.61. The Hall–Kier alpha value is -0.0200. The highest BCUT2D eigenvalue weighted by atomic mass is 32.2. The van der Waals surface area contributed by atoms with Crippen molar-refractivity contribution in [3.05, 3.63) is 0 Å². The molecule has 58 valence electrons. The molecule has 0 amide bonds. The first kappa shape index (κ1) is 8.08. The lowest BCUT2D eigenvalue weighted by molar-refractivity contribution is 0.0606. The van der Waals surface area contributed by atoms with E-state index in [9.17, 15) is 5.11 Å². The molecule has 0 saturated heterocycles. The van der Waals surface area contributed by atoms with Gasteiger partial charge in [-0.3, -0.25) is 0 Å². The summed E-state index contributed by atoms with van der Waals surface area (Å²) in [5.41, 5.74) is -0.811. The van der Waals surface area contributed by atoms with Crippen molar-refractivity contribution in [2.75, 3.05) is 0 Å². The van der Waals surface area contributed by atoms with E-state index in [0.29, 0.717) is 5.25 Å². The van der Waals surface area contributed by atoms with Crippen LogP contribution in [0.1, 0.15) is 27.2 Å². The molecule has 1 heterocycles. The second kappa shape index (κ2) is 2.55. The van der Waals surface area contributed by atoms with Gasteiger partial charge in [0, 0.05) is 11.7 Å². The zero-order chi connectivity index (χ0) is 7.78. The van der Waals surface area contributed by atoms with E-state index in [-0.39, 0.29) is 0 Å². The van der Waals surface area contributed by atoms with Crippen LogP contribution in [0, 0.1) is 0 Å². The fraction of sp³-hybridized carbons (Fsp3) is 0.857. The van der Waals surface area contributed by atoms with Gasteiger partial charge in [0.25, 0.3) is 0 Å². The molecule has 0 aromatic carbocycles. The van der Waals surface area contributed by atoms with Crippen molar-refractivity contribution in [2.45, 2.75) is 38.2 Å². The van der Waals surface area contributed by atoms with Crippen LogP contribution in [0.15, 0.2) is 4.99 Å². The number of hydrogen-bond donors (Lipinski definition) is 1. The first-order valence-electron chi connectivity index (χ1n) is 3.45. The van der Waals surface area contributed by atoms with Gasteiger partial charge < -0.3 is 5.11 Å². The van der Waals surface area contributed by atoms with E-state index in [1.807, 2.05) is 6.92 Å². The molecule has 0 spiro atoms. The van der Waals surface area contributed by atoms with Gasteiger partial charge in [-0.05, 0) is 13.8 Å². The fourth-order valence-corrected chi connectivity index (χ4v) is 2.52. The Morgan fingerprint density at radius 3 is 2.80 bits per heavy atom. The smallest absolute Gasteiger partial charge is 0.155 e. The van der Waals surface area contributed by atoms with Gasteiger partial charge in [-0.1, -0.05) is 6.92 Å². The molecule has 1 aliphatic rings. The third-order valence-corrected chi connectivity index (χ3v) is 2.45. The minimum Gasteiger partial charge on any atom is -0.369 e. The molecule has 0 aromatic rings. The maximum Gasteiger partial charge on any atom is 0.155 e. The van der Waals surface area contributed by atoms with Gasteiger partial charge in [-0.15, -0.1) is 11.8 Å². The quantitative estimate of drug-likeness (QED) is 0.582. The van der Waals surface area contributed by atoms with E-state index in [2.05, 4.69) is 11.9 Å². The van der Waals surface area contributed by atoms with Crippen LogP contribution in [-0.2, 0) is 0 Å². The van der Waals surface area contributed by atoms with Crippen molar-refractivity contribution >= 4 is 16.8 Å². The first-order valence-corrected chi connectivity index (χ1v) is 4.33. The topological polar surface area (TPSA) is 32.6 Å². The van der Waals surface area contributed by atoms with Gasteiger partial charge in [0.1, 0.15) is 0 Å². The van der Waals surface area contributed by atoms with E-state index in [4.69, 9.17) is 0 Å². The van der Waals surface area contributed by atoms with Crippen LogP contribution in [0.3, 0.4) is 0 Å². The molecule has 2 nitrogen and oxygen atoms in total. The van der Waals surface area contributed by atoms with Crippen molar-refractivity contribution in [2.24, 2.45) is 4.99 Å². The Kier molecular flexibility index (Phi) is 2.06. The van der Waals surface area contributed by atoms with Crippen LogP contribution >= 0.6 is 11.8 Å². The average Bonchev–Trinajstić information content (AvgIpc) is 1.54. The average molecular weight is 159 g/mol. The van der Waals surface area contributed by atoms with Crippen molar-refractivity contribution in [3.63, 3.8) is 0 Å². The summed E-state index contributed by atoms with van der Waals surface area (Å²) < 4.78 is 0. The zero-order valence-corrected chi connectivity index (χ0v) is 7.40. The largest absolute Gasteiger partial charge is 0.369 e. The van der Waals surface area contributed by atoms with E-state index in [1.54, 1.807) is 18.7 Å². The molecule has 0 fully saturated rings. The Morgan fingerprint density at radius 2 is 2.40 bits per heavy atom. The van der Waals surface area contributed by atoms with Gasteiger partial charge in [0.2, 0.25) is 0 Å². The number of rotatable bonds is 0. The summed E-state index contributed by atoms with van der Waals surface area (Å²) in [5, 5.41) is 11.0. The number of aliphatic imine (C=N–C) groups is 1. The van der Waals surface area contributed by atoms with Crippen LogP contribution in [0.25, 0.3) is 0 Å². The lowest BCUT2D eigenvalue weighted by Gasteiger charge is -2.27. The summed E-state index contributed by atoms with van der Waals surface area (Å²) in [6.07, 6.45) is 0.759. The Labute approximate surface area is 65.7 Å². The van der Waals surface area contributed by atoms with Gasteiger partial charge >= 0.3 is 0 Å². The van der Waals surface area contributed by atoms with Crippen LogP contribution in [-0.4, -0.2) is 21.1 Å². The van der Waals surface area contributed by atoms with E-state index >= 15 is 0 Å². The highest BCUT2D eigenvalue weighted by Gasteiger charge is 2.27.